The molecule has 6 rings (SSSR count). The van der Waals surface area contributed by atoms with Gasteiger partial charge >= 0.3 is 0 Å². The summed E-state index contributed by atoms with van der Waals surface area (Å²) in [6.07, 6.45) is 9.22. The Morgan fingerprint density at radius 2 is 2.23 bits per heavy atom. The fourth-order valence-electron chi connectivity index (χ4n) is 7.02. The van der Waals surface area contributed by atoms with Crippen LogP contribution in [0.3, 0.4) is 0 Å². The van der Waals surface area contributed by atoms with Gasteiger partial charge in [0.1, 0.15) is 5.76 Å². The lowest BCUT2D eigenvalue weighted by atomic mass is 9.44. The average molecular weight is 357 g/mol. The number of carbonyl (C=O) groups excluding carboxylic acids is 1. The van der Waals surface area contributed by atoms with E-state index in [0.29, 0.717) is 18.8 Å². The summed E-state index contributed by atoms with van der Waals surface area (Å²) in [5.74, 6) is 2.95. The molecule has 5 nitrogen and oxygen atoms in total. The van der Waals surface area contributed by atoms with Gasteiger partial charge < -0.3 is 14.6 Å². The summed E-state index contributed by atoms with van der Waals surface area (Å²) >= 11 is 0. The minimum Gasteiger partial charge on any atom is -0.493 e. The van der Waals surface area contributed by atoms with E-state index < -0.39 is 17.1 Å². The van der Waals surface area contributed by atoms with Crippen LogP contribution in [-0.4, -0.2) is 53.7 Å². The summed E-state index contributed by atoms with van der Waals surface area (Å²) < 4.78 is 11.9. The van der Waals surface area contributed by atoms with Crippen LogP contribution in [0.2, 0.25) is 0 Å². The van der Waals surface area contributed by atoms with Gasteiger partial charge in [0.15, 0.2) is 17.6 Å². The van der Waals surface area contributed by atoms with E-state index in [-0.39, 0.29) is 17.7 Å². The van der Waals surface area contributed by atoms with E-state index in [1.807, 2.05) is 6.08 Å². The van der Waals surface area contributed by atoms with Gasteiger partial charge in [0.2, 0.25) is 0 Å². The second kappa shape index (κ2) is 4.93. The molecule has 0 amide bonds. The van der Waals surface area contributed by atoms with Crippen molar-refractivity contribution < 1.29 is 19.4 Å². The predicted octanol–water partition coefficient (Wildman–Crippen LogP) is 2.01. The quantitative estimate of drug-likeness (QED) is 0.837. The van der Waals surface area contributed by atoms with E-state index in [0.717, 1.165) is 43.4 Å². The maximum absolute atomic E-state index is 12.9. The summed E-state index contributed by atoms with van der Waals surface area (Å²) in [5, 5.41) is 12.1. The zero-order chi connectivity index (χ0) is 17.7. The minimum atomic E-state index is -0.828. The van der Waals surface area contributed by atoms with Crippen molar-refractivity contribution in [2.24, 2.45) is 23.2 Å². The lowest BCUT2D eigenvalue weighted by molar-refractivity contribution is -0.244. The van der Waals surface area contributed by atoms with Gasteiger partial charge in [0.05, 0.1) is 18.1 Å². The molecule has 2 heterocycles. The highest BCUT2D eigenvalue weighted by Crippen LogP contribution is 2.69. The first-order valence-electron chi connectivity index (χ1n) is 10.2. The number of carbonyl (C=O) groups is 1. The molecule has 1 N–H and O–H groups in total. The van der Waals surface area contributed by atoms with Gasteiger partial charge in [-0.2, -0.15) is 0 Å². The van der Waals surface area contributed by atoms with Crippen LogP contribution < -0.4 is 0 Å². The first-order valence-corrected chi connectivity index (χ1v) is 10.2. The van der Waals surface area contributed by atoms with E-state index in [4.69, 9.17) is 9.47 Å². The van der Waals surface area contributed by atoms with Crippen molar-refractivity contribution in [3.05, 3.63) is 23.7 Å². The van der Waals surface area contributed by atoms with E-state index in [9.17, 15) is 9.90 Å². The first-order chi connectivity index (χ1) is 12.6. The van der Waals surface area contributed by atoms with Crippen LogP contribution in [0, 0.1) is 23.2 Å². The van der Waals surface area contributed by atoms with E-state index in [2.05, 4.69) is 11.0 Å². The summed E-state index contributed by atoms with van der Waals surface area (Å²) in [7, 11) is 1.66. The first kappa shape index (κ1) is 15.7. The number of ether oxygens (including phenoxy) is 2. The van der Waals surface area contributed by atoms with Gasteiger partial charge in [-0.3, -0.25) is 9.69 Å². The third-order valence-electron chi connectivity index (χ3n) is 8.28. The number of hydrogen-bond acceptors (Lipinski definition) is 5. The van der Waals surface area contributed by atoms with Crippen molar-refractivity contribution in [3.63, 3.8) is 0 Å². The maximum Gasteiger partial charge on any atom is 0.174 e. The molecule has 6 atom stereocenters. The van der Waals surface area contributed by atoms with Crippen LogP contribution in [0.25, 0.3) is 0 Å². The Balaban J connectivity index is 1.51. The fourth-order valence-corrected chi connectivity index (χ4v) is 7.02. The smallest absolute Gasteiger partial charge is 0.174 e. The van der Waals surface area contributed by atoms with Gasteiger partial charge in [-0.25, -0.2) is 0 Å². The highest BCUT2D eigenvalue weighted by molar-refractivity contribution is 5.87. The number of aliphatic hydroxyl groups is 1. The average Bonchev–Trinajstić information content (AvgIpc) is 3.37. The molecule has 2 aliphatic heterocycles. The lowest BCUT2D eigenvalue weighted by Gasteiger charge is -2.65. The van der Waals surface area contributed by atoms with Crippen molar-refractivity contribution in [3.8, 4) is 0 Å². The molecule has 3 saturated carbocycles. The van der Waals surface area contributed by atoms with E-state index in [1.165, 1.54) is 12.8 Å². The summed E-state index contributed by atoms with van der Waals surface area (Å²) in [4.78, 5) is 15.4. The molecular weight excluding hydrogens is 330 g/mol. The third-order valence-corrected chi connectivity index (χ3v) is 8.28. The molecule has 0 aromatic rings. The van der Waals surface area contributed by atoms with Gasteiger partial charge in [0.25, 0.3) is 0 Å². The van der Waals surface area contributed by atoms with Crippen LogP contribution >= 0.6 is 0 Å². The molecule has 26 heavy (non-hydrogen) atoms. The summed E-state index contributed by atoms with van der Waals surface area (Å²) in [5.41, 5.74) is -1.30. The summed E-state index contributed by atoms with van der Waals surface area (Å²) in [6.45, 7) is 2.08. The Bertz CT molecular complexity index is 740. The second-order valence-electron chi connectivity index (χ2n) is 9.30. The van der Waals surface area contributed by atoms with Gasteiger partial charge in [-0.05, 0) is 56.6 Å². The van der Waals surface area contributed by atoms with Crippen molar-refractivity contribution in [1.82, 2.24) is 4.90 Å². The molecule has 2 bridgehead atoms. The van der Waals surface area contributed by atoms with E-state index >= 15 is 0 Å². The number of allylic oxidation sites excluding steroid dienone is 3. The molecule has 0 radical (unpaired) electrons. The van der Waals surface area contributed by atoms with Gasteiger partial charge in [-0.1, -0.05) is 6.08 Å². The SMILES string of the molecule is COC1=C2O[C@H]3C(=O)CC[C@@]4(O)[C@H]5CC(C=C1)C2C34CCN5CC1CC1. The summed E-state index contributed by atoms with van der Waals surface area (Å²) in [6, 6.07) is 0.144. The molecule has 0 aromatic heterocycles. The number of ketones is 1. The molecule has 3 unspecified atom stereocenters. The van der Waals surface area contributed by atoms with Gasteiger partial charge in [0, 0.05) is 24.9 Å². The van der Waals surface area contributed by atoms with Crippen molar-refractivity contribution >= 4 is 5.78 Å². The molecule has 6 aliphatic rings. The van der Waals surface area contributed by atoms with Crippen LogP contribution in [-0.2, 0) is 14.3 Å². The standard InChI is InChI=1S/C21H27NO4/c1-25-15-5-4-13-10-16-21(24)7-6-14(23)19-20(21,17(13)18(15)26-19)8-9-22(16)11-12-2-3-12/h4-5,12-13,16-17,19,24H,2-3,6-11H2,1H3/t13?,16-,17?,19+,20?,21-/m1/s1. The molecule has 0 aromatic carbocycles. The topological polar surface area (TPSA) is 59.0 Å². The minimum absolute atomic E-state index is 0.0843. The number of rotatable bonds is 3. The van der Waals surface area contributed by atoms with Crippen molar-refractivity contribution in [2.75, 3.05) is 20.2 Å². The normalized spacial score (nSPS) is 49.1. The monoisotopic (exact) mass is 357 g/mol. The Morgan fingerprint density at radius 1 is 1.38 bits per heavy atom. The molecule has 4 aliphatic carbocycles. The number of nitrogens with zero attached hydrogens (tertiary/aromatic N) is 1. The number of Topliss-reactive ketones (excluding diaryl/α,β-unsaturated/α-hetero) is 1. The zero-order valence-electron chi connectivity index (χ0n) is 15.3. The maximum atomic E-state index is 12.9. The zero-order valence-corrected chi connectivity index (χ0v) is 15.3. The molecule has 5 fully saturated rings. The Hall–Kier alpha value is -1.33. The van der Waals surface area contributed by atoms with Crippen molar-refractivity contribution in [1.29, 1.82) is 0 Å². The number of likely N-dealkylation sites (tertiary alicyclic amines) is 1. The number of hydrogen-bond donors (Lipinski definition) is 1. The largest absolute Gasteiger partial charge is 0.493 e. The van der Waals surface area contributed by atoms with Crippen LogP contribution in [0.5, 0.6) is 0 Å². The Kier molecular flexibility index (Phi) is 2.98. The van der Waals surface area contributed by atoms with Crippen LogP contribution in [0.15, 0.2) is 23.7 Å². The van der Waals surface area contributed by atoms with Gasteiger partial charge in [-0.15, -0.1) is 0 Å². The Labute approximate surface area is 154 Å². The Morgan fingerprint density at radius 3 is 3.00 bits per heavy atom. The second-order valence-corrected chi connectivity index (χ2v) is 9.30. The molecule has 1 spiro atoms. The highest BCUT2D eigenvalue weighted by Gasteiger charge is 2.77. The van der Waals surface area contributed by atoms with Crippen LogP contribution in [0.4, 0.5) is 0 Å². The highest BCUT2D eigenvalue weighted by atomic mass is 16.5. The third kappa shape index (κ3) is 1.68. The number of methoxy groups -OCH3 is 1. The van der Waals surface area contributed by atoms with Crippen molar-refractivity contribution in [2.45, 2.75) is 56.3 Å². The molecule has 5 heteroatoms. The van der Waals surface area contributed by atoms with Crippen LogP contribution in [0.1, 0.15) is 38.5 Å². The number of piperidine rings is 1. The lowest BCUT2D eigenvalue weighted by Crippen LogP contribution is -2.76. The molecular formula is C21H27NO4. The predicted molar refractivity (Wildman–Crippen MR) is 94.0 cm³/mol. The van der Waals surface area contributed by atoms with E-state index in [1.54, 1.807) is 7.11 Å². The fraction of sp³-hybridized carbons (Fsp3) is 0.762. The molecule has 140 valence electrons. The molecule has 2 saturated heterocycles.